The van der Waals surface area contributed by atoms with E-state index >= 15 is 0 Å². The Morgan fingerprint density at radius 2 is 2.05 bits per heavy atom. The molecule has 1 fully saturated rings. The summed E-state index contributed by atoms with van der Waals surface area (Å²) < 4.78 is 0. The first-order valence-electron chi connectivity index (χ1n) is 7.52. The van der Waals surface area contributed by atoms with Crippen LogP contribution in [0.15, 0.2) is 42.6 Å². The Kier molecular flexibility index (Phi) is 4.59. The molecule has 1 aromatic heterocycles. The fraction of sp³-hybridized carbons (Fsp3) is 0.294. The highest BCUT2D eigenvalue weighted by atomic mass is 35.5. The Balaban J connectivity index is 1.72. The average molecular weight is 317 g/mol. The zero-order valence-electron chi connectivity index (χ0n) is 12.3. The topological polar surface area (TPSA) is 46.5 Å². The van der Waals surface area contributed by atoms with Crippen molar-refractivity contribution in [1.82, 2.24) is 5.32 Å². The molecule has 0 radical (unpaired) electrons. The van der Waals surface area contributed by atoms with E-state index in [4.69, 9.17) is 11.6 Å². The third-order valence-corrected chi connectivity index (χ3v) is 4.08. The molecule has 2 heterocycles. The van der Waals surface area contributed by atoms with Gasteiger partial charge in [-0.3, -0.25) is 9.69 Å². The van der Waals surface area contributed by atoms with E-state index in [1.807, 2.05) is 42.6 Å². The third-order valence-electron chi connectivity index (χ3n) is 3.84. The maximum absolute atomic E-state index is 12.5. The summed E-state index contributed by atoms with van der Waals surface area (Å²) in [4.78, 5) is 17.9. The molecule has 0 aliphatic carbocycles. The van der Waals surface area contributed by atoms with Gasteiger partial charge >= 0.3 is 0 Å². The number of hydrogen-bond acceptors (Lipinski definition) is 2. The maximum Gasteiger partial charge on any atom is 0.287 e. The van der Waals surface area contributed by atoms with Crippen molar-refractivity contribution < 1.29 is 9.78 Å². The van der Waals surface area contributed by atoms with Crippen LogP contribution >= 0.6 is 11.6 Å². The number of amides is 1. The van der Waals surface area contributed by atoms with Crippen LogP contribution in [0.4, 0.5) is 5.82 Å². The number of anilines is 1. The summed E-state index contributed by atoms with van der Waals surface area (Å²) in [6.07, 6.45) is 4.21. The standard InChI is InChI=1S/C17H18ClN3O/c18-14-6-3-5-13(11-14)12-20-17(22)15-7-4-8-19-16(15)21-9-1-2-10-21/h3-8,11H,1-2,9-10,12H2,(H,20,22)/p+1. The van der Waals surface area contributed by atoms with Gasteiger partial charge in [0.15, 0.2) is 0 Å². The molecule has 1 aromatic carbocycles. The molecule has 0 bridgehead atoms. The molecule has 1 aliphatic rings. The Hall–Kier alpha value is -2.07. The molecule has 0 unspecified atom stereocenters. The van der Waals surface area contributed by atoms with Crippen molar-refractivity contribution in [1.29, 1.82) is 0 Å². The minimum Gasteiger partial charge on any atom is -0.348 e. The first-order valence-corrected chi connectivity index (χ1v) is 7.90. The largest absolute Gasteiger partial charge is 0.348 e. The second-order valence-electron chi connectivity index (χ2n) is 5.44. The van der Waals surface area contributed by atoms with Gasteiger partial charge in [0.05, 0.1) is 19.3 Å². The Bertz CT molecular complexity index is 668. The predicted octanol–water partition coefficient (Wildman–Crippen LogP) is 2.68. The van der Waals surface area contributed by atoms with Crippen molar-refractivity contribution in [3.8, 4) is 0 Å². The summed E-state index contributed by atoms with van der Waals surface area (Å²) in [5.41, 5.74) is 1.68. The summed E-state index contributed by atoms with van der Waals surface area (Å²) in [6.45, 7) is 2.46. The lowest BCUT2D eigenvalue weighted by atomic mass is 10.2. The van der Waals surface area contributed by atoms with Crippen LogP contribution < -0.4 is 15.2 Å². The predicted molar refractivity (Wildman–Crippen MR) is 87.1 cm³/mol. The molecule has 0 saturated carbocycles. The van der Waals surface area contributed by atoms with E-state index in [0.29, 0.717) is 17.1 Å². The smallest absolute Gasteiger partial charge is 0.287 e. The van der Waals surface area contributed by atoms with Crippen LogP contribution in [-0.4, -0.2) is 19.0 Å². The molecule has 1 saturated heterocycles. The zero-order valence-corrected chi connectivity index (χ0v) is 13.1. The van der Waals surface area contributed by atoms with Crippen LogP contribution in [0.2, 0.25) is 5.02 Å². The van der Waals surface area contributed by atoms with E-state index in [1.54, 1.807) is 0 Å². The normalized spacial score (nSPS) is 14.1. The molecule has 4 nitrogen and oxygen atoms in total. The van der Waals surface area contributed by atoms with Crippen molar-refractivity contribution in [2.75, 3.05) is 18.0 Å². The van der Waals surface area contributed by atoms with Crippen molar-refractivity contribution in [3.05, 3.63) is 58.7 Å². The zero-order chi connectivity index (χ0) is 15.4. The van der Waals surface area contributed by atoms with E-state index in [-0.39, 0.29) is 5.91 Å². The van der Waals surface area contributed by atoms with Gasteiger partial charge in [0.1, 0.15) is 5.56 Å². The summed E-state index contributed by atoms with van der Waals surface area (Å²) in [5, 5.41) is 3.64. The molecular formula is C17H19ClN3O+. The molecule has 2 aromatic rings. The first-order chi connectivity index (χ1) is 10.7. The summed E-state index contributed by atoms with van der Waals surface area (Å²) >= 11 is 5.96. The highest BCUT2D eigenvalue weighted by Crippen LogP contribution is 2.19. The first kappa shape index (κ1) is 14.9. The quantitative estimate of drug-likeness (QED) is 0.942. The SMILES string of the molecule is O=C(NCc1cccc(Cl)c1)c1ccc[nH+]c1N1CCCC1. The Morgan fingerprint density at radius 3 is 2.82 bits per heavy atom. The molecule has 3 rings (SSSR count). The number of nitrogens with zero attached hydrogens (tertiary/aromatic N) is 1. The molecular weight excluding hydrogens is 298 g/mol. The second-order valence-corrected chi connectivity index (χ2v) is 5.88. The van der Waals surface area contributed by atoms with Gasteiger partial charge in [-0.1, -0.05) is 23.7 Å². The number of carbonyl (C=O) groups excluding carboxylic acids is 1. The lowest BCUT2D eigenvalue weighted by Crippen LogP contribution is -2.32. The van der Waals surface area contributed by atoms with Crippen molar-refractivity contribution in [3.63, 3.8) is 0 Å². The molecule has 22 heavy (non-hydrogen) atoms. The van der Waals surface area contributed by atoms with Crippen molar-refractivity contribution in [2.24, 2.45) is 0 Å². The number of halogens is 1. The van der Waals surface area contributed by atoms with E-state index in [0.717, 1.165) is 24.5 Å². The third kappa shape index (κ3) is 3.39. The average Bonchev–Trinajstić information content (AvgIpc) is 3.07. The highest BCUT2D eigenvalue weighted by molar-refractivity contribution is 6.30. The summed E-state index contributed by atoms with van der Waals surface area (Å²) in [6, 6.07) is 11.2. The van der Waals surface area contributed by atoms with E-state index in [1.165, 1.54) is 12.8 Å². The van der Waals surface area contributed by atoms with Crippen LogP contribution in [0.25, 0.3) is 0 Å². The number of benzene rings is 1. The number of aromatic nitrogens is 1. The monoisotopic (exact) mass is 316 g/mol. The minimum absolute atomic E-state index is 0.0706. The number of nitrogens with one attached hydrogen (secondary N) is 2. The van der Waals surface area contributed by atoms with Crippen LogP contribution in [0.5, 0.6) is 0 Å². The van der Waals surface area contributed by atoms with Crippen LogP contribution in [0, 0.1) is 0 Å². The van der Waals surface area contributed by atoms with Gasteiger partial charge in [0.25, 0.3) is 11.7 Å². The molecule has 1 amide bonds. The highest BCUT2D eigenvalue weighted by Gasteiger charge is 2.26. The molecule has 2 N–H and O–H groups in total. The molecule has 0 spiro atoms. The summed E-state index contributed by atoms with van der Waals surface area (Å²) in [5.74, 6) is 0.835. The number of aromatic amines is 1. The van der Waals surface area contributed by atoms with Crippen LogP contribution in [0.1, 0.15) is 28.8 Å². The minimum atomic E-state index is -0.0706. The number of carbonyl (C=O) groups is 1. The molecule has 0 atom stereocenters. The lowest BCUT2D eigenvalue weighted by molar-refractivity contribution is -0.364. The number of H-pyrrole nitrogens is 1. The van der Waals surface area contributed by atoms with Crippen molar-refractivity contribution >= 4 is 23.3 Å². The van der Waals surface area contributed by atoms with Gasteiger partial charge in [0, 0.05) is 11.6 Å². The number of pyridine rings is 1. The number of rotatable bonds is 4. The number of hydrogen-bond donors (Lipinski definition) is 1. The van der Waals surface area contributed by atoms with E-state index in [9.17, 15) is 4.79 Å². The van der Waals surface area contributed by atoms with E-state index < -0.39 is 0 Å². The van der Waals surface area contributed by atoms with Crippen molar-refractivity contribution in [2.45, 2.75) is 19.4 Å². The van der Waals surface area contributed by atoms with Gasteiger partial charge in [-0.05, 0) is 42.7 Å². The second kappa shape index (κ2) is 6.79. The Morgan fingerprint density at radius 1 is 1.23 bits per heavy atom. The Labute approximate surface area is 135 Å². The fourth-order valence-corrected chi connectivity index (χ4v) is 2.95. The van der Waals surface area contributed by atoms with Gasteiger partial charge in [-0.15, -0.1) is 0 Å². The molecule has 5 heteroatoms. The lowest BCUT2D eigenvalue weighted by Gasteiger charge is -2.12. The van der Waals surface area contributed by atoms with Gasteiger partial charge in [-0.2, -0.15) is 0 Å². The molecule has 114 valence electrons. The van der Waals surface area contributed by atoms with Gasteiger partial charge in [0.2, 0.25) is 0 Å². The van der Waals surface area contributed by atoms with Crippen LogP contribution in [0.3, 0.4) is 0 Å². The molecule has 1 aliphatic heterocycles. The van der Waals surface area contributed by atoms with Gasteiger partial charge in [-0.25, -0.2) is 4.98 Å². The fourth-order valence-electron chi connectivity index (χ4n) is 2.74. The maximum atomic E-state index is 12.5. The van der Waals surface area contributed by atoms with E-state index in [2.05, 4.69) is 15.2 Å². The summed E-state index contributed by atoms with van der Waals surface area (Å²) in [7, 11) is 0. The van der Waals surface area contributed by atoms with Crippen LogP contribution in [-0.2, 0) is 6.54 Å². The van der Waals surface area contributed by atoms with Gasteiger partial charge < -0.3 is 5.32 Å².